The molecule has 0 spiro atoms. The maximum atomic E-state index is 11.3. The van der Waals surface area contributed by atoms with Crippen LogP contribution in [-0.4, -0.2) is 17.9 Å². The Bertz CT molecular complexity index is 210. The maximum absolute atomic E-state index is 11.3. The molecule has 0 aromatic heterocycles. The van der Waals surface area contributed by atoms with Crippen molar-refractivity contribution in [2.45, 2.75) is 25.8 Å². The van der Waals surface area contributed by atoms with Crippen molar-refractivity contribution in [3.05, 3.63) is 11.8 Å². The summed E-state index contributed by atoms with van der Waals surface area (Å²) in [6.07, 6.45) is 2.21. The van der Waals surface area contributed by atoms with Crippen LogP contribution < -0.4 is 5.73 Å². The Morgan fingerprint density at radius 3 is 2.82 bits per heavy atom. The maximum Gasteiger partial charge on any atom is 0.194 e. The van der Waals surface area contributed by atoms with Crippen molar-refractivity contribution in [3.8, 4) is 0 Å². The van der Waals surface area contributed by atoms with Gasteiger partial charge in [0.25, 0.3) is 0 Å². The zero-order chi connectivity index (χ0) is 8.48. The smallest absolute Gasteiger partial charge is 0.194 e. The third-order valence-corrected chi connectivity index (χ3v) is 2.23. The summed E-state index contributed by atoms with van der Waals surface area (Å²) in [7, 11) is 0. The van der Waals surface area contributed by atoms with E-state index < -0.39 is 5.54 Å². The van der Waals surface area contributed by atoms with E-state index in [0.29, 0.717) is 6.42 Å². The van der Waals surface area contributed by atoms with Crippen LogP contribution >= 0.6 is 0 Å². The van der Waals surface area contributed by atoms with E-state index in [4.69, 9.17) is 10.5 Å². The number of rotatable bonds is 1. The first kappa shape index (κ1) is 8.27. The molecule has 3 heteroatoms. The van der Waals surface area contributed by atoms with Crippen molar-refractivity contribution in [3.63, 3.8) is 0 Å². The molecule has 0 aromatic carbocycles. The average Bonchev–Trinajstić information content (AvgIpc) is 2.00. The van der Waals surface area contributed by atoms with Crippen molar-refractivity contribution in [2.24, 2.45) is 5.73 Å². The largest absolute Gasteiger partial charge is 0.493 e. The van der Waals surface area contributed by atoms with Gasteiger partial charge in [0.15, 0.2) is 5.78 Å². The van der Waals surface area contributed by atoms with E-state index in [1.807, 2.05) is 13.8 Å². The van der Waals surface area contributed by atoms with Gasteiger partial charge in [0.2, 0.25) is 0 Å². The molecular formula is C8H13NO2. The summed E-state index contributed by atoms with van der Waals surface area (Å²) in [6, 6.07) is 0. The summed E-state index contributed by atoms with van der Waals surface area (Å²) in [4.78, 5) is 11.3. The summed E-state index contributed by atoms with van der Waals surface area (Å²) in [5.41, 5.74) is 5.90. The number of nitrogens with two attached hydrogens (primary N) is 1. The van der Waals surface area contributed by atoms with Crippen LogP contribution in [-0.2, 0) is 9.53 Å². The number of hydrogen-bond donors (Lipinski definition) is 1. The molecule has 0 bridgehead atoms. The van der Waals surface area contributed by atoms with Crippen molar-refractivity contribution in [2.75, 3.05) is 6.61 Å². The highest BCUT2D eigenvalue weighted by Crippen LogP contribution is 2.22. The van der Waals surface area contributed by atoms with Gasteiger partial charge in [0.05, 0.1) is 6.26 Å². The molecule has 62 valence electrons. The molecule has 0 aromatic rings. The van der Waals surface area contributed by atoms with Gasteiger partial charge in [-0.1, -0.05) is 6.92 Å². The van der Waals surface area contributed by atoms with Gasteiger partial charge >= 0.3 is 0 Å². The zero-order valence-electron chi connectivity index (χ0n) is 6.89. The molecule has 0 amide bonds. The van der Waals surface area contributed by atoms with E-state index >= 15 is 0 Å². The summed E-state index contributed by atoms with van der Waals surface area (Å²) in [6.45, 7) is 3.84. The van der Waals surface area contributed by atoms with Crippen LogP contribution in [0.1, 0.15) is 20.3 Å². The summed E-state index contributed by atoms with van der Waals surface area (Å²) >= 11 is 0. The van der Waals surface area contributed by atoms with Gasteiger partial charge in [-0.2, -0.15) is 0 Å². The average molecular weight is 155 g/mol. The standard InChI is InChI=1S/C8H13NO2/c1-3-8(9)6(2)4-11-5-7(8)10/h4H,3,5,9H2,1-2H3. The van der Waals surface area contributed by atoms with Crippen LogP contribution in [0.25, 0.3) is 0 Å². The predicted octanol–water partition coefficient (Wildman–Crippen LogP) is 0.597. The predicted molar refractivity (Wildman–Crippen MR) is 41.9 cm³/mol. The molecule has 0 saturated heterocycles. The highest BCUT2D eigenvalue weighted by Gasteiger charge is 2.36. The second kappa shape index (κ2) is 2.66. The molecule has 1 heterocycles. The number of carbonyl (C=O) groups is 1. The van der Waals surface area contributed by atoms with E-state index in [0.717, 1.165) is 5.57 Å². The zero-order valence-corrected chi connectivity index (χ0v) is 6.89. The quantitative estimate of drug-likeness (QED) is 0.603. The lowest BCUT2D eigenvalue weighted by Gasteiger charge is -2.30. The normalized spacial score (nSPS) is 31.2. The molecule has 1 rings (SSSR count). The van der Waals surface area contributed by atoms with Crippen molar-refractivity contribution >= 4 is 5.78 Å². The van der Waals surface area contributed by atoms with Gasteiger partial charge in [-0.05, 0) is 18.9 Å². The van der Waals surface area contributed by atoms with E-state index in [1.165, 1.54) is 0 Å². The van der Waals surface area contributed by atoms with Gasteiger partial charge in [0, 0.05) is 0 Å². The van der Waals surface area contributed by atoms with Gasteiger partial charge in [-0.25, -0.2) is 0 Å². The van der Waals surface area contributed by atoms with Crippen molar-refractivity contribution < 1.29 is 9.53 Å². The lowest BCUT2D eigenvalue weighted by molar-refractivity contribution is -0.127. The molecule has 1 unspecified atom stereocenters. The summed E-state index contributed by atoms with van der Waals surface area (Å²) < 4.78 is 4.90. The number of hydrogen-bond acceptors (Lipinski definition) is 3. The van der Waals surface area contributed by atoms with Gasteiger partial charge in [-0.3, -0.25) is 4.79 Å². The minimum absolute atomic E-state index is 0.0278. The first-order valence-corrected chi connectivity index (χ1v) is 3.72. The Labute approximate surface area is 66.2 Å². The Morgan fingerprint density at radius 2 is 2.45 bits per heavy atom. The molecule has 3 nitrogen and oxygen atoms in total. The minimum atomic E-state index is -0.766. The molecular weight excluding hydrogens is 142 g/mol. The molecule has 0 fully saturated rings. The highest BCUT2D eigenvalue weighted by atomic mass is 16.5. The van der Waals surface area contributed by atoms with Gasteiger partial charge in [-0.15, -0.1) is 0 Å². The van der Waals surface area contributed by atoms with Gasteiger partial charge in [0.1, 0.15) is 12.1 Å². The Kier molecular flexibility index (Phi) is 2.00. The van der Waals surface area contributed by atoms with Crippen LogP contribution in [0.4, 0.5) is 0 Å². The topological polar surface area (TPSA) is 52.3 Å². The number of ketones is 1. The SMILES string of the molecule is CCC1(N)C(=O)COC=C1C. The van der Waals surface area contributed by atoms with E-state index in [-0.39, 0.29) is 12.4 Å². The molecule has 0 aliphatic carbocycles. The highest BCUT2D eigenvalue weighted by molar-refractivity contribution is 5.93. The van der Waals surface area contributed by atoms with E-state index in [1.54, 1.807) is 6.26 Å². The molecule has 2 N–H and O–H groups in total. The molecule has 1 aliphatic heterocycles. The third kappa shape index (κ3) is 1.16. The molecule has 1 aliphatic rings. The Morgan fingerprint density at radius 1 is 1.82 bits per heavy atom. The van der Waals surface area contributed by atoms with E-state index in [2.05, 4.69) is 0 Å². The summed E-state index contributed by atoms with van der Waals surface area (Å²) in [5, 5.41) is 0. The Balaban J connectivity index is 2.96. The first-order valence-electron chi connectivity index (χ1n) is 3.72. The third-order valence-electron chi connectivity index (χ3n) is 2.23. The lowest BCUT2D eigenvalue weighted by atomic mass is 9.84. The lowest BCUT2D eigenvalue weighted by Crippen LogP contribution is -2.52. The monoisotopic (exact) mass is 155 g/mol. The molecule has 11 heavy (non-hydrogen) atoms. The fourth-order valence-electron chi connectivity index (χ4n) is 1.17. The number of Topliss-reactive ketones (excluding diaryl/α,β-unsaturated/α-hetero) is 1. The summed E-state index contributed by atoms with van der Waals surface area (Å²) in [5.74, 6) is -0.0278. The second-order valence-corrected chi connectivity index (χ2v) is 2.86. The van der Waals surface area contributed by atoms with Crippen molar-refractivity contribution in [1.29, 1.82) is 0 Å². The minimum Gasteiger partial charge on any atom is -0.493 e. The van der Waals surface area contributed by atoms with E-state index in [9.17, 15) is 4.79 Å². The Hall–Kier alpha value is -0.830. The van der Waals surface area contributed by atoms with Crippen LogP contribution in [0.3, 0.4) is 0 Å². The first-order chi connectivity index (χ1) is 5.11. The van der Waals surface area contributed by atoms with Crippen LogP contribution in [0.15, 0.2) is 11.8 Å². The molecule has 0 radical (unpaired) electrons. The van der Waals surface area contributed by atoms with Crippen LogP contribution in [0.2, 0.25) is 0 Å². The fraction of sp³-hybridized carbons (Fsp3) is 0.625. The molecule has 1 atom stereocenters. The second-order valence-electron chi connectivity index (χ2n) is 2.86. The van der Waals surface area contributed by atoms with Crippen molar-refractivity contribution in [1.82, 2.24) is 0 Å². The number of carbonyl (C=O) groups excluding carboxylic acids is 1. The van der Waals surface area contributed by atoms with Crippen LogP contribution in [0, 0.1) is 0 Å². The number of ether oxygens (including phenoxy) is 1. The fourth-order valence-corrected chi connectivity index (χ4v) is 1.17. The molecule has 0 saturated carbocycles. The van der Waals surface area contributed by atoms with Crippen LogP contribution in [0.5, 0.6) is 0 Å². The van der Waals surface area contributed by atoms with Gasteiger partial charge < -0.3 is 10.5 Å².